The van der Waals surface area contributed by atoms with E-state index in [9.17, 15) is 0 Å². The Balaban J connectivity index is 2.47. The van der Waals surface area contributed by atoms with E-state index in [0.717, 1.165) is 17.9 Å². The summed E-state index contributed by atoms with van der Waals surface area (Å²) in [5, 5.41) is 0. The van der Waals surface area contributed by atoms with Gasteiger partial charge in [-0.15, -0.1) is 0 Å². The fourth-order valence-electron chi connectivity index (χ4n) is 2.50. The SMILES string of the molecule is CCCCc1cnc(C(C)(C)C)cc1-c1ccc(OC)cc1. The number of methoxy groups -OCH3 is 1. The molecule has 118 valence electrons. The zero-order valence-electron chi connectivity index (χ0n) is 14.4. The van der Waals surface area contributed by atoms with Gasteiger partial charge in [0.05, 0.1) is 7.11 Å². The standard InChI is InChI=1S/C20H27NO/c1-6-7-8-16-14-21-19(20(2,3)4)13-18(16)15-9-11-17(22-5)12-10-15/h9-14H,6-8H2,1-5H3. The molecule has 0 aliphatic rings. The quantitative estimate of drug-likeness (QED) is 0.737. The number of rotatable bonds is 5. The molecule has 1 heterocycles. The van der Waals surface area contributed by atoms with Crippen molar-refractivity contribution in [1.82, 2.24) is 4.98 Å². The summed E-state index contributed by atoms with van der Waals surface area (Å²) in [7, 11) is 1.70. The molecular weight excluding hydrogens is 270 g/mol. The number of benzene rings is 1. The average Bonchev–Trinajstić information content (AvgIpc) is 2.52. The lowest BCUT2D eigenvalue weighted by Gasteiger charge is -2.20. The molecule has 2 heteroatoms. The van der Waals surface area contributed by atoms with Crippen molar-refractivity contribution in [3.8, 4) is 16.9 Å². The summed E-state index contributed by atoms with van der Waals surface area (Å²) >= 11 is 0. The summed E-state index contributed by atoms with van der Waals surface area (Å²) in [5.41, 5.74) is 5.07. The Hall–Kier alpha value is -1.83. The summed E-state index contributed by atoms with van der Waals surface area (Å²) in [6.45, 7) is 8.85. The van der Waals surface area contributed by atoms with Gasteiger partial charge in [-0.25, -0.2) is 0 Å². The van der Waals surface area contributed by atoms with Crippen LogP contribution in [0.3, 0.4) is 0 Å². The number of nitrogens with zero attached hydrogens (tertiary/aromatic N) is 1. The molecule has 0 saturated carbocycles. The predicted molar refractivity (Wildman–Crippen MR) is 93.5 cm³/mol. The van der Waals surface area contributed by atoms with Gasteiger partial charge in [0.25, 0.3) is 0 Å². The zero-order chi connectivity index (χ0) is 16.2. The zero-order valence-corrected chi connectivity index (χ0v) is 14.4. The van der Waals surface area contributed by atoms with Crippen molar-refractivity contribution in [1.29, 1.82) is 0 Å². The molecule has 0 bridgehead atoms. The highest BCUT2D eigenvalue weighted by Gasteiger charge is 2.17. The van der Waals surface area contributed by atoms with E-state index in [1.807, 2.05) is 12.1 Å². The lowest BCUT2D eigenvalue weighted by Crippen LogP contribution is -2.14. The molecule has 0 saturated heterocycles. The molecule has 2 rings (SSSR count). The number of aryl methyl sites for hydroxylation is 1. The van der Waals surface area contributed by atoms with Crippen LogP contribution in [0.1, 0.15) is 51.8 Å². The first-order chi connectivity index (χ1) is 10.5. The molecule has 0 aliphatic heterocycles. The summed E-state index contributed by atoms with van der Waals surface area (Å²) in [6.07, 6.45) is 5.54. The highest BCUT2D eigenvalue weighted by atomic mass is 16.5. The first-order valence-electron chi connectivity index (χ1n) is 8.09. The predicted octanol–water partition coefficient (Wildman–Crippen LogP) is 5.40. The second-order valence-corrected chi connectivity index (χ2v) is 6.81. The van der Waals surface area contributed by atoms with E-state index in [1.165, 1.54) is 29.5 Å². The molecule has 0 amide bonds. The number of hydrogen-bond acceptors (Lipinski definition) is 2. The number of unbranched alkanes of at least 4 members (excludes halogenated alkanes) is 1. The molecule has 0 aliphatic carbocycles. The Labute approximate surface area is 134 Å². The molecular formula is C20H27NO. The van der Waals surface area contributed by atoms with E-state index in [2.05, 4.69) is 52.1 Å². The Kier molecular flexibility index (Phi) is 5.23. The monoisotopic (exact) mass is 297 g/mol. The van der Waals surface area contributed by atoms with Gasteiger partial charge < -0.3 is 4.74 Å². The summed E-state index contributed by atoms with van der Waals surface area (Å²) < 4.78 is 5.27. The van der Waals surface area contributed by atoms with Crippen LogP contribution >= 0.6 is 0 Å². The van der Waals surface area contributed by atoms with Crippen LogP contribution in [0.4, 0.5) is 0 Å². The fourth-order valence-corrected chi connectivity index (χ4v) is 2.50. The van der Waals surface area contributed by atoms with Crippen molar-refractivity contribution in [2.24, 2.45) is 0 Å². The molecule has 2 nitrogen and oxygen atoms in total. The van der Waals surface area contributed by atoms with E-state index >= 15 is 0 Å². The minimum absolute atomic E-state index is 0.0600. The van der Waals surface area contributed by atoms with Gasteiger partial charge in [-0.2, -0.15) is 0 Å². The third-order valence-electron chi connectivity index (χ3n) is 3.96. The average molecular weight is 297 g/mol. The van der Waals surface area contributed by atoms with E-state index in [4.69, 9.17) is 9.72 Å². The Morgan fingerprint density at radius 3 is 2.32 bits per heavy atom. The van der Waals surface area contributed by atoms with Gasteiger partial charge in [-0.05, 0) is 47.7 Å². The summed E-state index contributed by atoms with van der Waals surface area (Å²) in [4.78, 5) is 4.70. The Bertz CT molecular complexity index is 609. The van der Waals surface area contributed by atoms with Crippen molar-refractivity contribution in [2.75, 3.05) is 7.11 Å². The second kappa shape index (κ2) is 6.95. The number of pyridine rings is 1. The maximum absolute atomic E-state index is 5.27. The lowest BCUT2D eigenvalue weighted by atomic mass is 9.88. The fraction of sp³-hybridized carbons (Fsp3) is 0.450. The molecule has 22 heavy (non-hydrogen) atoms. The molecule has 0 unspecified atom stereocenters. The Morgan fingerprint density at radius 2 is 1.77 bits per heavy atom. The van der Waals surface area contributed by atoms with Crippen molar-refractivity contribution in [2.45, 2.75) is 52.4 Å². The molecule has 0 N–H and O–H groups in total. The number of aromatic nitrogens is 1. The second-order valence-electron chi connectivity index (χ2n) is 6.81. The van der Waals surface area contributed by atoms with E-state index in [-0.39, 0.29) is 5.41 Å². The van der Waals surface area contributed by atoms with Gasteiger partial charge in [-0.3, -0.25) is 4.98 Å². The van der Waals surface area contributed by atoms with Crippen LogP contribution in [0.25, 0.3) is 11.1 Å². The van der Waals surface area contributed by atoms with E-state index in [1.54, 1.807) is 7.11 Å². The molecule has 1 aromatic heterocycles. The third-order valence-corrected chi connectivity index (χ3v) is 3.96. The van der Waals surface area contributed by atoms with Crippen molar-refractivity contribution in [3.63, 3.8) is 0 Å². The minimum atomic E-state index is 0.0600. The van der Waals surface area contributed by atoms with Gasteiger partial charge in [0.15, 0.2) is 0 Å². The largest absolute Gasteiger partial charge is 0.497 e. The summed E-state index contributed by atoms with van der Waals surface area (Å²) in [5.74, 6) is 0.893. The van der Waals surface area contributed by atoms with E-state index < -0.39 is 0 Å². The van der Waals surface area contributed by atoms with Crippen LogP contribution in [0.15, 0.2) is 36.5 Å². The van der Waals surface area contributed by atoms with Crippen LogP contribution in [-0.4, -0.2) is 12.1 Å². The third kappa shape index (κ3) is 3.88. The van der Waals surface area contributed by atoms with Crippen molar-refractivity contribution >= 4 is 0 Å². The van der Waals surface area contributed by atoms with Crippen molar-refractivity contribution < 1.29 is 4.74 Å². The summed E-state index contributed by atoms with van der Waals surface area (Å²) in [6, 6.07) is 10.6. The molecule has 0 radical (unpaired) electrons. The van der Waals surface area contributed by atoms with Gasteiger partial charge in [0, 0.05) is 17.3 Å². The van der Waals surface area contributed by atoms with Gasteiger partial charge >= 0.3 is 0 Å². The van der Waals surface area contributed by atoms with Crippen LogP contribution < -0.4 is 4.74 Å². The van der Waals surface area contributed by atoms with Gasteiger partial charge in [0.1, 0.15) is 5.75 Å². The van der Waals surface area contributed by atoms with Crippen LogP contribution in [0.2, 0.25) is 0 Å². The highest BCUT2D eigenvalue weighted by molar-refractivity contribution is 5.68. The van der Waals surface area contributed by atoms with Crippen molar-refractivity contribution in [3.05, 3.63) is 47.8 Å². The maximum atomic E-state index is 5.27. The van der Waals surface area contributed by atoms with Gasteiger partial charge in [-0.1, -0.05) is 46.2 Å². The number of hydrogen-bond donors (Lipinski definition) is 0. The first kappa shape index (κ1) is 16.5. The van der Waals surface area contributed by atoms with Crippen LogP contribution in [-0.2, 0) is 11.8 Å². The Morgan fingerprint density at radius 1 is 1.09 bits per heavy atom. The normalized spacial score (nSPS) is 11.5. The van der Waals surface area contributed by atoms with Gasteiger partial charge in [0.2, 0.25) is 0 Å². The van der Waals surface area contributed by atoms with Crippen LogP contribution in [0, 0.1) is 0 Å². The molecule has 0 spiro atoms. The topological polar surface area (TPSA) is 22.1 Å². The maximum Gasteiger partial charge on any atom is 0.118 e. The highest BCUT2D eigenvalue weighted by Crippen LogP contribution is 2.30. The minimum Gasteiger partial charge on any atom is -0.497 e. The number of ether oxygens (including phenoxy) is 1. The molecule has 1 aromatic carbocycles. The van der Waals surface area contributed by atoms with E-state index in [0.29, 0.717) is 0 Å². The smallest absolute Gasteiger partial charge is 0.118 e. The molecule has 2 aromatic rings. The molecule has 0 atom stereocenters. The lowest BCUT2D eigenvalue weighted by molar-refractivity contribution is 0.415. The molecule has 0 fully saturated rings. The van der Waals surface area contributed by atoms with Crippen LogP contribution in [0.5, 0.6) is 5.75 Å². The first-order valence-corrected chi connectivity index (χ1v) is 8.09.